The smallest absolute Gasteiger partial charge is 0.251 e. The number of carbonyl (C=O) groups is 3. The summed E-state index contributed by atoms with van der Waals surface area (Å²) < 4.78 is 0. The summed E-state index contributed by atoms with van der Waals surface area (Å²) >= 11 is 0. The van der Waals surface area contributed by atoms with Crippen molar-refractivity contribution in [2.75, 3.05) is 6.54 Å². The third-order valence-electron chi connectivity index (χ3n) is 3.62. The Hall–Kier alpha value is -2.37. The van der Waals surface area contributed by atoms with E-state index in [1.807, 2.05) is 6.07 Å². The molecule has 0 spiro atoms. The fraction of sp³-hybridized carbons (Fsp3) is 0.400. The van der Waals surface area contributed by atoms with Crippen molar-refractivity contribution in [2.45, 2.75) is 31.8 Å². The number of hydrogen-bond donors (Lipinski definition) is 2. The average Bonchev–Trinajstić information content (AvgIpc) is 2.96. The number of benzene rings is 1. The highest BCUT2D eigenvalue weighted by Crippen LogP contribution is 2.18. The van der Waals surface area contributed by atoms with Gasteiger partial charge in [0.2, 0.25) is 11.8 Å². The zero-order chi connectivity index (χ0) is 15.4. The summed E-state index contributed by atoms with van der Waals surface area (Å²) in [5, 5.41) is 2.65. The molecule has 1 aliphatic rings. The highest BCUT2D eigenvalue weighted by molar-refractivity contribution is 5.98. The molecule has 21 heavy (non-hydrogen) atoms. The molecule has 0 aliphatic carbocycles. The van der Waals surface area contributed by atoms with E-state index < -0.39 is 18.0 Å². The van der Waals surface area contributed by atoms with Gasteiger partial charge in [0.05, 0.1) is 0 Å². The number of primary amides is 1. The minimum atomic E-state index is -0.697. The zero-order valence-corrected chi connectivity index (χ0v) is 11.9. The van der Waals surface area contributed by atoms with E-state index in [1.165, 1.54) is 4.90 Å². The van der Waals surface area contributed by atoms with Crippen LogP contribution in [0.1, 0.15) is 30.1 Å². The van der Waals surface area contributed by atoms with E-state index in [0.29, 0.717) is 18.5 Å². The summed E-state index contributed by atoms with van der Waals surface area (Å²) in [6.45, 7) is 2.11. The van der Waals surface area contributed by atoms with Crippen molar-refractivity contribution in [3.63, 3.8) is 0 Å². The van der Waals surface area contributed by atoms with Gasteiger partial charge in [0.15, 0.2) is 0 Å². The molecule has 0 radical (unpaired) electrons. The number of likely N-dealkylation sites (tertiary alicyclic amines) is 1. The Balaban J connectivity index is 2.00. The maximum atomic E-state index is 12.3. The summed E-state index contributed by atoms with van der Waals surface area (Å²) in [6, 6.07) is 7.41. The second kappa shape index (κ2) is 6.39. The molecule has 1 saturated heterocycles. The van der Waals surface area contributed by atoms with E-state index in [2.05, 4.69) is 5.32 Å². The van der Waals surface area contributed by atoms with Crippen molar-refractivity contribution in [2.24, 2.45) is 5.73 Å². The molecule has 112 valence electrons. The molecule has 0 aromatic heterocycles. The van der Waals surface area contributed by atoms with Gasteiger partial charge in [0, 0.05) is 12.1 Å². The van der Waals surface area contributed by atoms with Crippen LogP contribution in [-0.2, 0) is 9.59 Å². The molecule has 1 aliphatic heterocycles. The van der Waals surface area contributed by atoms with E-state index in [0.717, 1.165) is 6.42 Å². The molecule has 6 nitrogen and oxygen atoms in total. The molecule has 2 rings (SSSR count). The topological polar surface area (TPSA) is 92.5 Å². The van der Waals surface area contributed by atoms with Crippen molar-refractivity contribution in [1.29, 1.82) is 0 Å². The first-order valence-electron chi connectivity index (χ1n) is 6.96. The van der Waals surface area contributed by atoms with Crippen LogP contribution in [0, 0.1) is 0 Å². The number of carbonyl (C=O) groups excluding carboxylic acids is 3. The Morgan fingerprint density at radius 2 is 1.95 bits per heavy atom. The van der Waals surface area contributed by atoms with Crippen LogP contribution in [0.15, 0.2) is 30.3 Å². The number of nitrogens with one attached hydrogen (secondary N) is 1. The Morgan fingerprint density at radius 1 is 1.29 bits per heavy atom. The number of rotatable bonds is 4. The number of nitrogens with zero attached hydrogens (tertiary/aromatic N) is 1. The Morgan fingerprint density at radius 3 is 2.57 bits per heavy atom. The predicted octanol–water partition coefficient (Wildman–Crippen LogP) is 0.281. The zero-order valence-electron chi connectivity index (χ0n) is 11.9. The standard InChI is InChI=1S/C15H19N3O3/c1-10(17-14(20)11-6-3-2-4-7-11)15(21)18-9-5-8-12(18)13(16)19/h2-4,6-7,10,12H,5,8-9H2,1H3,(H2,16,19)(H,17,20)/t10-,12-/m1/s1. The molecular formula is C15H19N3O3. The SMILES string of the molecule is C[C@@H](NC(=O)c1ccccc1)C(=O)N1CCC[C@@H]1C(N)=O. The van der Waals surface area contributed by atoms with Gasteiger partial charge in [-0.2, -0.15) is 0 Å². The molecule has 3 amide bonds. The molecule has 1 aromatic carbocycles. The van der Waals surface area contributed by atoms with Gasteiger partial charge in [0.25, 0.3) is 5.91 Å². The van der Waals surface area contributed by atoms with Crippen LogP contribution in [0.2, 0.25) is 0 Å². The van der Waals surface area contributed by atoms with E-state index in [-0.39, 0.29) is 11.8 Å². The van der Waals surface area contributed by atoms with E-state index in [1.54, 1.807) is 31.2 Å². The fourth-order valence-corrected chi connectivity index (χ4v) is 2.51. The van der Waals surface area contributed by atoms with E-state index in [9.17, 15) is 14.4 Å². The Labute approximate surface area is 123 Å². The molecule has 0 bridgehead atoms. The van der Waals surface area contributed by atoms with Gasteiger partial charge in [-0.05, 0) is 31.9 Å². The van der Waals surface area contributed by atoms with Crippen LogP contribution in [0.4, 0.5) is 0 Å². The molecule has 1 aromatic rings. The van der Waals surface area contributed by atoms with Crippen LogP contribution in [-0.4, -0.2) is 41.2 Å². The van der Waals surface area contributed by atoms with Gasteiger partial charge < -0.3 is 16.0 Å². The van der Waals surface area contributed by atoms with Gasteiger partial charge in [-0.1, -0.05) is 18.2 Å². The van der Waals surface area contributed by atoms with Gasteiger partial charge >= 0.3 is 0 Å². The summed E-state index contributed by atoms with van der Waals surface area (Å²) in [5.74, 6) is -1.09. The molecular weight excluding hydrogens is 270 g/mol. The van der Waals surface area contributed by atoms with Gasteiger partial charge in [-0.15, -0.1) is 0 Å². The largest absolute Gasteiger partial charge is 0.368 e. The lowest BCUT2D eigenvalue weighted by atomic mass is 10.1. The third-order valence-corrected chi connectivity index (χ3v) is 3.62. The number of nitrogens with two attached hydrogens (primary N) is 1. The molecule has 0 unspecified atom stereocenters. The number of hydrogen-bond acceptors (Lipinski definition) is 3. The quantitative estimate of drug-likeness (QED) is 0.834. The van der Waals surface area contributed by atoms with Crippen LogP contribution in [0.25, 0.3) is 0 Å². The van der Waals surface area contributed by atoms with Crippen LogP contribution < -0.4 is 11.1 Å². The van der Waals surface area contributed by atoms with Crippen molar-refractivity contribution < 1.29 is 14.4 Å². The monoisotopic (exact) mass is 289 g/mol. The highest BCUT2D eigenvalue weighted by atomic mass is 16.2. The average molecular weight is 289 g/mol. The summed E-state index contributed by atoms with van der Waals surface area (Å²) in [7, 11) is 0. The molecule has 6 heteroatoms. The number of amides is 3. The maximum Gasteiger partial charge on any atom is 0.251 e. The van der Waals surface area contributed by atoms with Crippen molar-refractivity contribution in [3.05, 3.63) is 35.9 Å². The fourth-order valence-electron chi connectivity index (χ4n) is 2.51. The Kier molecular flexibility index (Phi) is 4.57. The van der Waals surface area contributed by atoms with Crippen molar-refractivity contribution >= 4 is 17.7 Å². The second-order valence-electron chi connectivity index (χ2n) is 5.15. The van der Waals surface area contributed by atoms with E-state index in [4.69, 9.17) is 5.73 Å². The van der Waals surface area contributed by atoms with Crippen molar-refractivity contribution in [1.82, 2.24) is 10.2 Å². The molecule has 0 saturated carbocycles. The molecule has 1 heterocycles. The lowest BCUT2D eigenvalue weighted by molar-refractivity contribution is -0.138. The third kappa shape index (κ3) is 3.39. The molecule has 2 atom stereocenters. The predicted molar refractivity (Wildman–Crippen MR) is 77.3 cm³/mol. The van der Waals surface area contributed by atoms with Crippen LogP contribution in [0.3, 0.4) is 0 Å². The van der Waals surface area contributed by atoms with Gasteiger partial charge in [-0.25, -0.2) is 0 Å². The highest BCUT2D eigenvalue weighted by Gasteiger charge is 2.35. The minimum absolute atomic E-state index is 0.277. The maximum absolute atomic E-state index is 12.3. The first kappa shape index (κ1) is 15.0. The lowest BCUT2D eigenvalue weighted by Gasteiger charge is -2.25. The van der Waals surface area contributed by atoms with Crippen molar-refractivity contribution in [3.8, 4) is 0 Å². The normalized spacial score (nSPS) is 19.1. The first-order chi connectivity index (χ1) is 10.0. The second-order valence-corrected chi connectivity index (χ2v) is 5.15. The van der Waals surface area contributed by atoms with Crippen LogP contribution >= 0.6 is 0 Å². The summed E-state index contributed by atoms with van der Waals surface area (Å²) in [4.78, 5) is 37.1. The summed E-state index contributed by atoms with van der Waals surface area (Å²) in [5.41, 5.74) is 5.79. The lowest BCUT2D eigenvalue weighted by Crippen LogP contribution is -2.51. The first-order valence-corrected chi connectivity index (χ1v) is 6.96. The van der Waals surface area contributed by atoms with Crippen LogP contribution in [0.5, 0.6) is 0 Å². The summed E-state index contributed by atoms with van der Waals surface area (Å²) in [6.07, 6.45) is 1.33. The van der Waals surface area contributed by atoms with E-state index >= 15 is 0 Å². The molecule has 1 fully saturated rings. The van der Waals surface area contributed by atoms with Gasteiger partial charge in [0.1, 0.15) is 12.1 Å². The Bertz CT molecular complexity index is 544. The van der Waals surface area contributed by atoms with Gasteiger partial charge in [-0.3, -0.25) is 14.4 Å². The minimum Gasteiger partial charge on any atom is -0.368 e. The molecule has 3 N–H and O–H groups in total.